The first-order chi connectivity index (χ1) is 6.90. The Labute approximate surface area is 85.0 Å². The molecule has 2 rings (SSSR count). The second-order valence-electron chi connectivity index (χ2n) is 3.79. The molecule has 76 valence electrons. The van der Waals surface area contributed by atoms with Crippen LogP contribution in [0.4, 0.5) is 0 Å². The highest BCUT2D eigenvalue weighted by atomic mass is 14.9. The van der Waals surface area contributed by atoms with E-state index in [0.717, 1.165) is 31.8 Å². The maximum Gasteiger partial charge on any atom is 0.128 e. The van der Waals surface area contributed by atoms with Gasteiger partial charge < -0.3 is 5.32 Å². The molecule has 0 radical (unpaired) electrons. The van der Waals surface area contributed by atoms with Crippen LogP contribution in [0.25, 0.3) is 0 Å². The molecule has 3 nitrogen and oxygen atoms in total. The van der Waals surface area contributed by atoms with E-state index < -0.39 is 0 Å². The fourth-order valence-corrected chi connectivity index (χ4v) is 1.73. The quantitative estimate of drug-likeness (QED) is 0.786. The van der Waals surface area contributed by atoms with Crippen LogP contribution in [0.1, 0.15) is 36.8 Å². The molecule has 0 fully saturated rings. The lowest BCUT2D eigenvalue weighted by Crippen LogP contribution is -2.25. The Balaban J connectivity index is 2.12. The SMILES string of the molecule is CCCCc1ncc2c(n1)CCNC2. The van der Waals surface area contributed by atoms with Crippen LogP contribution in [0.2, 0.25) is 0 Å². The second-order valence-corrected chi connectivity index (χ2v) is 3.79. The number of nitrogens with one attached hydrogen (secondary N) is 1. The summed E-state index contributed by atoms with van der Waals surface area (Å²) in [5.41, 5.74) is 2.53. The summed E-state index contributed by atoms with van der Waals surface area (Å²) in [7, 11) is 0. The molecule has 0 saturated heterocycles. The largest absolute Gasteiger partial charge is 0.312 e. The van der Waals surface area contributed by atoms with Gasteiger partial charge in [0, 0.05) is 43.4 Å². The molecule has 14 heavy (non-hydrogen) atoms. The van der Waals surface area contributed by atoms with Gasteiger partial charge >= 0.3 is 0 Å². The van der Waals surface area contributed by atoms with Gasteiger partial charge in [0.2, 0.25) is 0 Å². The van der Waals surface area contributed by atoms with Crippen LogP contribution in [0.3, 0.4) is 0 Å². The lowest BCUT2D eigenvalue weighted by atomic mass is 10.1. The van der Waals surface area contributed by atoms with Crippen molar-refractivity contribution < 1.29 is 0 Å². The normalized spacial score (nSPS) is 15.2. The standard InChI is InChI=1S/C11H17N3/c1-2-3-4-11-13-8-9-7-12-6-5-10(9)14-11/h8,12H,2-7H2,1H3. The topological polar surface area (TPSA) is 37.8 Å². The van der Waals surface area contributed by atoms with Crippen molar-refractivity contribution in [2.45, 2.75) is 39.2 Å². The molecular formula is C11H17N3. The van der Waals surface area contributed by atoms with Crippen LogP contribution in [-0.2, 0) is 19.4 Å². The molecule has 0 aromatic carbocycles. The van der Waals surface area contributed by atoms with Crippen molar-refractivity contribution in [1.29, 1.82) is 0 Å². The van der Waals surface area contributed by atoms with Gasteiger partial charge in [0.1, 0.15) is 5.82 Å². The monoisotopic (exact) mass is 191 g/mol. The molecule has 0 bridgehead atoms. The van der Waals surface area contributed by atoms with Gasteiger partial charge in [-0.1, -0.05) is 13.3 Å². The lowest BCUT2D eigenvalue weighted by Gasteiger charge is -2.15. The van der Waals surface area contributed by atoms with Crippen molar-refractivity contribution in [3.05, 3.63) is 23.3 Å². The van der Waals surface area contributed by atoms with Crippen molar-refractivity contribution in [2.24, 2.45) is 0 Å². The van der Waals surface area contributed by atoms with Gasteiger partial charge in [0.25, 0.3) is 0 Å². The van der Waals surface area contributed by atoms with E-state index in [4.69, 9.17) is 0 Å². The van der Waals surface area contributed by atoms with Crippen LogP contribution in [0, 0.1) is 0 Å². The first-order valence-corrected chi connectivity index (χ1v) is 5.44. The van der Waals surface area contributed by atoms with Gasteiger partial charge in [0.15, 0.2) is 0 Å². The molecule has 0 saturated carbocycles. The summed E-state index contributed by atoms with van der Waals surface area (Å²) in [4.78, 5) is 8.98. The van der Waals surface area contributed by atoms with E-state index in [1.54, 1.807) is 0 Å². The summed E-state index contributed by atoms with van der Waals surface area (Å²) in [6, 6.07) is 0. The molecule has 0 spiro atoms. The van der Waals surface area contributed by atoms with Crippen molar-refractivity contribution >= 4 is 0 Å². The highest BCUT2D eigenvalue weighted by molar-refractivity contribution is 5.20. The number of nitrogens with zero attached hydrogens (tertiary/aromatic N) is 2. The fraction of sp³-hybridized carbons (Fsp3) is 0.636. The molecule has 1 N–H and O–H groups in total. The summed E-state index contributed by atoms with van der Waals surface area (Å²) in [6.07, 6.45) is 6.46. The number of unbranched alkanes of at least 4 members (excludes halogenated alkanes) is 1. The summed E-state index contributed by atoms with van der Waals surface area (Å²) in [6.45, 7) is 4.18. The van der Waals surface area contributed by atoms with Gasteiger partial charge in [0.05, 0.1) is 0 Å². The Hall–Kier alpha value is -0.960. The van der Waals surface area contributed by atoms with Gasteiger partial charge in [-0.2, -0.15) is 0 Å². The summed E-state index contributed by atoms with van der Waals surface area (Å²) >= 11 is 0. The van der Waals surface area contributed by atoms with Crippen molar-refractivity contribution in [3.8, 4) is 0 Å². The van der Waals surface area contributed by atoms with Gasteiger partial charge in [-0.05, 0) is 6.42 Å². The average molecular weight is 191 g/mol. The molecule has 0 atom stereocenters. The Morgan fingerprint density at radius 1 is 1.50 bits per heavy atom. The summed E-state index contributed by atoms with van der Waals surface area (Å²) < 4.78 is 0. The van der Waals surface area contributed by atoms with Gasteiger partial charge in [-0.3, -0.25) is 0 Å². The Bertz CT molecular complexity index is 309. The molecule has 1 aromatic heterocycles. The zero-order valence-electron chi connectivity index (χ0n) is 8.71. The minimum absolute atomic E-state index is 0.934. The molecular weight excluding hydrogens is 174 g/mol. The summed E-state index contributed by atoms with van der Waals surface area (Å²) in [5, 5.41) is 3.32. The van der Waals surface area contributed by atoms with Crippen molar-refractivity contribution in [1.82, 2.24) is 15.3 Å². The van der Waals surface area contributed by atoms with E-state index in [1.807, 2.05) is 6.20 Å². The van der Waals surface area contributed by atoms with E-state index >= 15 is 0 Å². The number of aryl methyl sites for hydroxylation is 1. The summed E-state index contributed by atoms with van der Waals surface area (Å²) in [5.74, 6) is 1.02. The Morgan fingerprint density at radius 3 is 3.29 bits per heavy atom. The van der Waals surface area contributed by atoms with Crippen LogP contribution in [0.5, 0.6) is 0 Å². The second kappa shape index (κ2) is 4.51. The van der Waals surface area contributed by atoms with E-state index in [9.17, 15) is 0 Å². The minimum atomic E-state index is 0.934. The molecule has 2 heterocycles. The average Bonchev–Trinajstić information content (AvgIpc) is 2.26. The fourth-order valence-electron chi connectivity index (χ4n) is 1.73. The molecule has 1 aliphatic rings. The number of rotatable bonds is 3. The Morgan fingerprint density at radius 2 is 2.43 bits per heavy atom. The third-order valence-electron chi connectivity index (χ3n) is 2.61. The molecule has 1 aliphatic heterocycles. The third-order valence-corrected chi connectivity index (χ3v) is 2.61. The van der Waals surface area contributed by atoms with Crippen LogP contribution in [0.15, 0.2) is 6.20 Å². The van der Waals surface area contributed by atoms with Crippen LogP contribution in [-0.4, -0.2) is 16.5 Å². The van der Waals surface area contributed by atoms with Crippen molar-refractivity contribution in [3.63, 3.8) is 0 Å². The number of hydrogen-bond acceptors (Lipinski definition) is 3. The van der Waals surface area contributed by atoms with E-state index in [0.29, 0.717) is 0 Å². The maximum atomic E-state index is 4.60. The predicted molar refractivity (Wildman–Crippen MR) is 56.1 cm³/mol. The van der Waals surface area contributed by atoms with Crippen molar-refractivity contribution in [2.75, 3.05) is 6.54 Å². The van der Waals surface area contributed by atoms with Crippen LogP contribution < -0.4 is 5.32 Å². The van der Waals surface area contributed by atoms with E-state index in [2.05, 4.69) is 22.2 Å². The number of fused-ring (bicyclic) bond motifs is 1. The maximum absolute atomic E-state index is 4.60. The van der Waals surface area contributed by atoms with E-state index in [1.165, 1.54) is 24.1 Å². The highest BCUT2D eigenvalue weighted by Gasteiger charge is 2.10. The smallest absolute Gasteiger partial charge is 0.128 e. The lowest BCUT2D eigenvalue weighted by molar-refractivity contribution is 0.616. The first-order valence-electron chi connectivity index (χ1n) is 5.44. The molecule has 3 heteroatoms. The third kappa shape index (κ3) is 2.10. The zero-order valence-corrected chi connectivity index (χ0v) is 8.71. The highest BCUT2D eigenvalue weighted by Crippen LogP contribution is 2.10. The zero-order chi connectivity index (χ0) is 9.80. The molecule has 0 amide bonds. The first kappa shape index (κ1) is 9.59. The Kier molecular flexibility index (Phi) is 3.09. The molecule has 1 aromatic rings. The molecule has 0 aliphatic carbocycles. The predicted octanol–water partition coefficient (Wildman–Crippen LogP) is 1.46. The molecule has 0 unspecified atom stereocenters. The van der Waals surface area contributed by atoms with E-state index in [-0.39, 0.29) is 0 Å². The van der Waals surface area contributed by atoms with Gasteiger partial charge in [-0.25, -0.2) is 9.97 Å². The number of hydrogen-bond donors (Lipinski definition) is 1. The van der Waals surface area contributed by atoms with Gasteiger partial charge in [-0.15, -0.1) is 0 Å². The minimum Gasteiger partial charge on any atom is -0.312 e. The van der Waals surface area contributed by atoms with Crippen LogP contribution >= 0.6 is 0 Å². The number of aromatic nitrogens is 2.